The van der Waals surface area contributed by atoms with Crippen molar-refractivity contribution in [2.45, 2.75) is 25.5 Å². The zero-order valence-electron chi connectivity index (χ0n) is 15.3. The number of anilines is 1. The van der Waals surface area contributed by atoms with E-state index < -0.39 is 5.25 Å². The molecule has 1 N–H and O–H groups in total. The Morgan fingerprint density at radius 2 is 1.93 bits per heavy atom. The van der Waals surface area contributed by atoms with Crippen molar-refractivity contribution in [2.24, 2.45) is 4.99 Å². The number of amidine groups is 1. The van der Waals surface area contributed by atoms with Gasteiger partial charge in [-0.15, -0.1) is 0 Å². The number of halogens is 1. The number of carbonyl (C=O) groups excluding carboxylic acids is 2. The van der Waals surface area contributed by atoms with E-state index in [-0.39, 0.29) is 18.2 Å². The number of aliphatic imine (C=N–C) groups is 1. The third-order valence-corrected chi connectivity index (χ3v) is 6.18. The first-order chi connectivity index (χ1) is 12.8. The van der Waals surface area contributed by atoms with Gasteiger partial charge in [0.2, 0.25) is 11.8 Å². The third kappa shape index (κ3) is 4.90. The van der Waals surface area contributed by atoms with Crippen molar-refractivity contribution in [3.05, 3.63) is 57.2 Å². The van der Waals surface area contributed by atoms with Crippen LogP contribution in [0.5, 0.6) is 0 Å². The molecule has 0 aliphatic carbocycles. The molecule has 1 aliphatic rings. The van der Waals surface area contributed by atoms with Crippen molar-refractivity contribution < 1.29 is 9.59 Å². The van der Waals surface area contributed by atoms with E-state index in [0.717, 1.165) is 26.1 Å². The Bertz CT molecular complexity index is 912. The summed E-state index contributed by atoms with van der Waals surface area (Å²) in [5.74, 6) is -0.265. The van der Waals surface area contributed by atoms with Crippen LogP contribution in [-0.4, -0.2) is 34.2 Å². The predicted octanol–water partition coefficient (Wildman–Crippen LogP) is 4.50. The molecule has 1 aliphatic heterocycles. The molecule has 0 radical (unpaired) electrons. The van der Waals surface area contributed by atoms with Gasteiger partial charge in [0.05, 0.1) is 5.69 Å². The van der Waals surface area contributed by atoms with Gasteiger partial charge < -0.3 is 5.32 Å². The highest BCUT2D eigenvalue weighted by Gasteiger charge is 2.37. The fraction of sp³-hybridized carbons (Fsp3) is 0.250. The average Bonchev–Trinajstić information content (AvgIpc) is 2.88. The number of hydrogen-bond acceptors (Lipinski definition) is 4. The summed E-state index contributed by atoms with van der Waals surface area (Å²) in [5, 5.41) is 3.08. The molecular weight excluding hydrogens is 473 g/mol. The summed E-state index contributed by atoms with van der Waals surface area (Å²) in [6, 6.07) is 13.7. The van der Waals surface area contributed by atoms with E-state index in [4.69, 9.17) is 0 Å². The lowest BCUT2D eigenvalue weighted by Crippen LogP contribution is -2.30. The third-order valence-electron chi connectivity index (χ3n) is 4.23. The maximum absolute atomic E-state index is 12.5. The first-order valence-electron chi connectivity index (χ1n) is 8.49. The maximum atomic E-state index is 12.5. The highest BCUT2D eigenvalue weighted by atomic mass is 127. The largest absolute Gasteiger partial charge is 0.326 e. The first kappa shape index (κ1) is 19.9. The summed E-state index contributed by atoms with van der Waals surface area (Å²) in [4.78, 5) is 31.0. The van der Waals surface area contributed by atoms with E-state index in [1.54, 1.807) is 7.05 Å². The summed E-state index contributed by atoms with van der Waals surface area (Å²) >= 11 is 3.57. The smallest absolute Gasteiger partial charge is 0.242 e. The molecule has 0 bridgehead atoms. The number of rotatable bonds is 4. The summed E-state index contributed by atoms with van der Waals surface area (Å²) in [6.07, 6.45) is 0.118. The lowest BCUT2D eigenvalue weighted by atomic mass is 10.1. The molecule has 2 aromatic rings. The molecule has 2 amide bonds. The van der Waals surface area contributed by atoms with Crippen molar-refractivity contribution in [2.75, 3.05) is 12.4 Å². The summed E-state index contributed by atoms with van der Waals surface area (Å²) in [5.41, 5.74) is 3.65. The van der Waals surface area contributed by atoms with Crippen LogP contribution in [0.15, 0.2) is 47.5 Å². The van der Waals surface area contributed by atoms with Crippen molar-refractivity contribution >= 4 is 62.7 Å². The minimum atomic E-state index is -0.456. The number of thioether (sulfide) groups is 1. The van der Waals surface area contributed by atoms with Gasteiger partial charge in [-0.25, -0.2) is 4.99 Å². The van der Waals surface area contributed by atoms with Crippen molar-refractivity contribution in [1.82, 2.24) is 4.90 Å². The number of benzene rings is 2. The fourth-order valence-corrected chi connectivity index (χ4v) is 4.18. The number of aryl methyl sites for hydroxylation is 2. The zero-order chi connectivity index (χ0) is 19.6. The molecule has 3 rings (SSSR count). The predicted molar refractivity (Wildman–Crippen MR) is 120 cm³/mol. The molecule has 1 unspecified atom stereocenters. The second-order valence-electron chi connectivity index (χ2n) is 6.45. The lowest BCUT2D eigenvalue weighted by Gasteiger charge is -2.11. The SMILES string of the molecule is Cc1ccc(C)c(NC(=O)CC2SC(=Nc3ccc(I)cc3)N(C)C2=O)c1. The van der Waals surface area contributed by atoms with Gasteiger partial charge in [-0.1, -0.05) is 23.9 Å². The van der Waals surface area contributed by atoms with Crippen molar-refractivity contribution in [3.8, 4) is 0 Å². The normalized spacial score (nSPS) is 18.2. The standard InChI is InChI=1S/C20H20IN3O2S/c1-12-4-5-13(2)16(10-12)23-18(25)11-17-19(26)24(3)20(27-17)22-15-8-6-14(21)7-9-15/h4-10,17H,11H2,1-3H3,(H,23,25). The van der Waals surface area contributed by atoms with Crippen LogP contribution in [0.3, 0.4) is 0 Å². The Labute approximate surface area is 176 Å². The van der Waals surface area contributed by atoms with Crippen LogP contribution in [0.2, 0.25) is 0 Å². The van der Waals surface area contributed by atoms with E-state index in [9.17, 15) is 9.59 Å². The first-order valence-corrected chi connectivity index (χ1v) is 10.4. The highest BCUT2D eigenvalue weighted by molar-refractivity contribution is 14.1. The lowest BCUT2D eigenvalue weighted by molar-refractivity contribution is -0.127. The van der Waals surface area contributed by atoms with Gasteiger partial charge in [0.15, 0.2) is 5.17 Å². The van der Waals surface area contributed by atoms with Gasteiger partial charge >= 0.3 is 0 Å². The van der Waals surface area contributed by atoms with E-state index in [2.05, 4.69) is 32.9 Å². The van der Waals surface area contributed by atoms with Gasteiger partial charge in [0.25, 0.3) is 0 Å². The van der Waals surface area contributed by atoms with Crippen molar-refractivity contribution in [3.63, 3.8) is 0 Å². The molecule has 5 nitrogen and oxygen atoms in total. The quantitative estimate of drug-likeness (QED) is 0.639. The summed E-state index contributed by atoms with van der Waals surface area (Å²) < 4.78 is 1.13. The summed E-state index contributed by atoms with van der Waals surface area (Å²) in [6.45, 7) is 3.93. The molecule has 0 aromatic heterocycles. The molecule has 0 spiro atoms. The molecule has 1 heterocycles. The molecular formula is C20H20IN3O2S. The van der Waals surface area contributed by atoms with Gasteiger partial charge in [0, 0.05) is 22.7 Å². The minimum Gasteiger partial charge on any atom is -0.326 e. The number of nitrogens with zero attached hydrogens (tertiary/aromatic N) is 2. The van der Waals surface area contributed by atoms with Gasteiger partial charge in [-0.05, 0) is 77.9 Å². The number of carbonyl (C=O) groups is 2. The van der Waals surface area contributed by atoms with Crippen LogP contribution in [-0.2, 0) is 9.59 Å². The highest BCUT2D eigenvalue weighted by Crippen LogP contribution is 2.31. The molecule has 1 saturated heterocycles. The molecule has 1 fully saturated rings. The second kappa shape index (κ2) is 8.43. The molecule has 140 valence electrons. The Hall–Kier alpha value is -1.87. The maximum Gasteiger partial charge on any atom is 0.242 e. The topological polar surface area (TPSA) is 61.8 Å². The Morgan fingerprint density at radius 3 is 2.63 bits per heavy atom. The van der Waals surface area contributed by atoms with E-state index >= 15 is 0 Å². The van der Waals surface area contributed by atoms with Gasteiger partial charge in [0.1, 0.15) is 5.25 Å². The van der Waals surface area contributed by atoms with Gasteiger partial charge in [-0.3, -0.25) is 14.5 Å². The van der Waals surface area contributed by atoms with E-state index in [0.29, 0.717) is 5.17 Å². The van der Waals surface area contributed by atoms with Crippen LogP contribution in [0.4, 0.5) is 11.4 Å². The average molecular weight is 493 g/mol. The molecule has 2 aromatic carbocycles. The molecule has 27 heavy (non-hydrogen) atoms. The van der Waals surface area contributed by atoms with Crippen LogP contribution >= 0.6 is 34.4 Å². The molecule has 0 saturated carbocycles. The number of hydrogen-bond donors (Lipinski definition) is 1. The fourth-order valence-electron chi connectivity index (χ4n) is 2.66. The molecule has 7 heteroatoms. The second-order valence-corrected chi connectivity index (χ2v) is 8.86. The number of amides is 2. The Morgan fingerprint density at radius 1 is 1.22 bits per heavy atom. The zero-order valence-corrected chi connectivity index (χ0v) is 18.3. The Kier molecular flexibility index (Phi) is 6.21. The van der Waals surface area contributed by atoms with Crippen molar-refractivity contribution in [1.29, 1.82) is 0 Å². The Balaban J connectivity index is 1.68. The van der Waals surface area contributed by atoms with Crippen LogP contribution in [0, 0.1) is 17.4 Å². The summed E-state index contributed by atoms with van der Waals surface area (Å²) in [7, 11) is 1.70. The van der Waals surface area contributed by atoms with Crippen LogP contribution < -0.4 is 5.32 Å². The van der Waals surface area contributed by atoms with Crippen LogP contribution in [0.1, 0.15) is 17.5 Å². The van der Waals surface area contributed by atoms with E-state index in [1.165, 1.54) is 16.7 Å². The van der Waals surface area contributed by atoms with E-state index in [1.807, 2.05) is 56.3 Å². The van der Waals surface area contributed by atoms with Crippen LogP contribution in [0.25, 0.3) is 0 Å². The molecule has 1 atom stereocenters. The monoisotopic (exact) mass is 493 g/mol. The van der Waals surface area contributed by atoms with Gasteiger partial charge in [-0.2, -0.15) is 0 Å². The number of nitrogens with one attached hydrogen (secondary N) is 1. The minimum absolute atomic E-state index is 0.0969.